The van der Waals surface area contributed by atoms with Crippen LogP contribution in [0.4, 0.5) is 4.79 Å². The van der Waals surface area contributed by atoms with E-state index in [1.165, 1.54) is 7.11 Å². The average Bonchev–Trinajstić information content (AvgIpc) is 3.90. The molecule has 0 radical (unpaired) electrons. The summed E-state index contributed by atoms with van der Waals surface area (Å²) in [6, 6.07) is 14.0. The number of amides is 2. The van der Waals surface area contributed by atoms with Crippen LogP contribution in [0.2, 0.25) is 0 Å². The van der Waals surface area contributed by atoms with Crippen LogP contribution in [0.3, 0.4) is 0 Å². The molecule has 15 heteroatoms. The topological polar surface area (TPSA) is 205 Å². The molecule has 6 N–H and O–H groups in total. The van der Waals surface area contributed by atoms with E-state index in [1.54, 1.807) is 30.4 Å². The molecule has 15 nitrogen and oxygen atoms in total. The van der Waals surface area contributed by atoms with E-state index in [9.17, 15) is 19.6 Å². The first kappa shape index (κ1) is 38.7. The smallest absolute Gasteiger partial charge is 0.407 e. The van der Waals surface area contributed by atoms with E-state index in [-0.39, 0.29) is 29.8 Å². The van der Waals surface area contributed by atoms with Gasteiger partial charge in [0, 0.05) is 37.9 Å². The number of imidazole rings is 2. The molecular formula is C41H48N8O7. The number of nitrogens with two attached hydrogens (primary N) is 1. The number of H-pyrrole nitrogens is 2. The van der Waals surface area contributed by atoms with Crippen molar-refractivity contribution in [1.82, 2.24) is 35.2 Å². The van der Waals surface area contributed by atoms with Crippen molar-refractivity contribution in [2.24, 2.45) is 11.7 Å². The van der Waals surface area contributed by atoms with Gasteiger partial charge < -0.3 is 45.0 Å². The molecule has 294 valence electrons. The SMILES string of the molecule is CCCN(Cc1ncc(-c2ccc3c(ccc4oc5cc(-c6cnc([C@H](CCCN)N(C)O)[nH]6)ccc5c(=O)c43)c2)[nH]1)C(=O)[C@@H](NC(=O)OC)C1CCOCC1. The number of methoxy groups -OCH3 is 1. The van der Waals surface area contributed by atoms with Crippen molar-refractivity contribution in [3.63, 3.8) is 0 Å². The minimum atomic E-state index is -0.733. The van der Waals surface area contributed by atoms with Crippen LogP contribution in [-0.2, 0) is 20.8 Å². The number of hydroxylamine groups is 2. The number of fused-ring (bicyclic) bond motifs is 4. The van der Waals surface area contributed by atoms with Gasteiger partial charge in [0.2, 0.25) is 11.3 Å². The van der Waals surface area contributed by atoms with E-state index < -0.39 is 12.1 Å². The second-order valence-electron chi connectivity index (χ2n) is 14.3. The molecule has 1 saturated heterocycles. The van der Waals surface area contributed by atoms with Crippen LogP contribution in [0.15, 0.2) is 70.1 Å². The molecule has 3 aromatic carbocycles. The fraction of sp³-hybridized carbons (Fsp3) is 0.390. The van der Waals surface area contributed by atoms with Crippen LogP contribution >= 0.6 is 0 Å². The number of rotatable bonds is 14. The maximum atomic E-state index is 14.0. The Morgan fingerprint density at radius 2 is 1.75 bits per heavy atom. The van der Waals surface area contributed by atoms with E-state index in [2.05, 4.69) is 25.3 Å². The van der Waals surface area contributed by atoms with Gasteiger partial charge in [-0.3, -0.25) is 9.59 Å². The predicted octanol–water partition coefficient (Wildman–Crippen LogP) is 5.87. The fourth-order valence-electron chi connectivity index (χ4n) is 7.60. The lowest BCUT2D eigenvalue weighted by molar-refractivity contribution is -0.136. The molecule has 6 aromatic rings. The standard InChI is InChI=1S/C41H48N8O7/c1-4-16-49(40(51)37(47-41(52)54-3)24-13-17-55-18-14-24)23-35-43-21-30(45-35)26-7-10-28-25(19-26)9-12-33-36(28)38(50)29-11-8-27(20-34(29)56-33)31-22-44-39(46-31)32(48(2)53)6-5-15-42/h7-12,19-22,24,32,37,53H,4-6,13-18,23,42H2,1-3H3,(H,43,45)(H,44,46)(H,47,52)/t32-,37-/m0/s1. The summed E-state index contributed by atoms with van der Waals surface area (Å²) in [7, 11) is 2.87. The molecule has 1 aliphatic rings. The first-order chi connectivity index (χ1) is 27.2. The van der Waals surface area contributed by atoms with Crippen molar-refractivity contribution >= 4 is 44.7 Å². The van der Waals surface area contributed by atoms with Gasteiger partial charge in [0.05, 0.1) is 54.3 Å². The molecule has 0 aliphatic carbocycles. The van der Waals surface area contributed by atoms with E-state index in [0.29, 0.717) is 79.2 Å². The number of alkyl carbamates (subject to hydrolysis) is 1. The van der Waals surface area contributed by atoms with Crippen LogP contribution in [0, 0.1) is 5.92 Å². The zero-order chi connectivity index (χ0) is 39.3. The number of aromatic nitrogens is 4. The van der Waals surface area contributed by atoms with Crippen molar-refractivity contribution in [3.05, 3.63) is 82.8 Å². The Bertz CT molecular complexity index is 2400. The maximum Gasteiger partial charge on any atom is 0.407 e. The molecule has 4 heterocycles. The van der Waals surface area contributed by atoms with Gasteiger partial charge in [0.15, 0.2) is 0 Å². The second-order valence-corrected chi connectivity index (χ2v) is 14.3. The highest BCUT2D eigenvalue weighted by Gasteiger charge is 2.34. The largest absolute Gasteiger partial charge is 0.456 e. The second kappa shape index (κ2) is 17.0. The molecule has 0 unspecified atom stereocenters. The first-order valence-corrected chi connectivity index (χ1v) is 19.0. The first-order valence-electron chi connectivity index (χ1n) is 19.0. The molecule has 7 rings (SSSR count). The van der Waals surface area contributed by atoms with Gasteiger partial charge in [-0.1, -0.05) is 31.2 Å². The number of nitrogens with zero attached hydrogens (tertiary/aromatic N) is 4. The lowest BCUT2D eigenvalue weighted by Crippen LogP contribution is -2.53. The lowest BCUT2D eigenvalue weighted by atomic mass is 9.90. The van der Waals surface area contributed by atoms with Crippen molar-refractivity contribution in [1.29, 1.82) is 0 Å². The molecule has 0 spiro atoms. The van der Waals surface area contributed by atoms with Gasteiger partial charge in [-0.15, -0.1) is 0 Å². The van der Waals surface area contributed by atoms with Gasteiger partial charge in [0.1, 0.15) is 28.9 Å². The van der Waals surface area contributed by atoms with E-state index in [1.807, 2.05) is 49.4 Å². The Kier molecular flexibility index (Phi) is 11.8. The summed E-state index contributed by atoms with van der Waals surface area (Å²) < 4.78 is 16.7. The molecule has 2 atom stereocenters. The third kappa shape index (κ3) is 8.02. The Hall–Kier alpha value is -5.61. The summed E-state index contributed by atoms with van der Waals surface area (Å²) in [4.78, 5) is 57.7. The summed E-state index contributed by atoms with van der Waals surface area (Å²) in [5, 5.41) is 16.7. The van der Waals surface area contributed by atoms with E-state index in [4.69, 9.17) is 19.6 Å². The Morgan fingerprint density at radius 3 is 2.48 bits per heavy atom. The average molecular weight is 765 g/mol. The minimum Gasteiger partial charge on any atom is -0.456 e. The van der Waals surface area contributed by atoms with Gasteiger partial charge in [-0.25, -0.2) is 14.8 Å². The molecular weight excluding hydrogens is 716 g/mol. The number of hydrogen-bond donors (Lipinski definition) is 5. The number of carbonyl (C=O) groups excluding carboxylic acids is 2. The van der Waals surface area contributed by atoms with Crippen molar-refractivity contribution < 1.29 is 28.7 Å². The van der Waals surface area contributed by atoms with Crippen molar-refractivity contribution in [2.45, 2.75) is 57.7 Å². The van der Waals surface area contributed by atoms with E-state index in [0.717, 1.165) is 51.2 Å². The quantitative estimate of drug-likeness (QED) is 0.0504. The number of ether oxygens (including phenoxy) is 2. The number of benzene rings is 3. The molecule has 56 heavy (non-hydrogen) atoms. The van der Waals surface area contributed by atoms with Crippen LogP contribution < -0.4 is 16.5 Å². The van der Waals surface area contributed by atoms with Gasteiger partial charge in [-0.2, -0.15) is 5.06 Å². The van der Waals surface area contributed by atoms with Gasteiger partial charge in [-0.05, 0) is 79.6 Å². The van der Waals surface area contributed by atoms with Crippen LogP contribution in [0.5, 0.6) is 0 Å². The minimum absolute atomic E-state index is 0.0651. The number of nitrogens with one attached hydrogen (secondary N) is 3. The number of hydrogen-bond acceptors (Lipinski definition) is 11. The number of carbonyl (C=O) groups is 2. The molecule has 0 bridgehead atoms. The fourth-order valence-corrected chi connectivity index (χ4v) is 7.60. The lowest BCUT2D eigenvalue weighted by Gasteiger charge is -2.33. The third-order valence-electron chi connectivity index (χ3n) is 10.6. The zero-order valence-corrected chi connectivity index (χ0v) is 31.8. The third-order valence-corrected chi connectivity index (χ3v) is 10.6. The molecule has 0 saturated carbocycles. The highest BCUT2D eigenvalue weighted by molar-refractivity contribution is 6.09. The Balaban J connectivity index is 1.13. The summed E-state index contributed by atoms with van der Waals surface area (Å²) in [5.74, 6) is 0.975. The molecule has 1 aliphatic heterocycles. The highest BCUT2D eigenvalue weighted by Crippen LogP contribution is 2.32. The van der Waals surface area contributed by atoms with Crippen LogP contribution in [-0.4, -0.2) is 93.6 Å². The summed E-state index contributed by atoms with van der Waals surface area (Å²) >= 11 is 0. The van der Waals surface area contributed by atoms with Gasteiger partial charge >= 0.3 is 6.09 Å². The summed E-state index contributed by atoms with van der Waals surface area (Å²) in [5.41, 5.74) is 9.63. The van der Waals surface area contributed by atoms with Crippen LogP contribution in [0.25, 0.3) is 55.2 Å². The Morgan fingerprint density at radius 1 is 1.02 bits per heavy atom. The van der Waals surface area contributed by atoms with E-state index >= 15 is 0 Å². The van der Waals surface area contributed by atoms with Crippen molar-refractivity contribution in [2.75, 3.05) is 40.5 Å². The normalized spacial score (nSPS) is 14.8. The zero-order valence-electron chi connectivity index (χ0n) is 31.8. The highest BCUT2D eigenvalue weighted by atomic mass is 16.5. The maximum absolute atomic E-state index is 14.0. The molecule has 3 aromatic heterocycles. The predicted molar refractivity (Wildman–Crippen MR) is 212 cm³/mol. The van der Waals surface area contributed by atoms with Crippen LogP contribution in [0.1, 0.15) is 56.7 Å². The molecule has 1 fully saturated rings. The number of aromatic amines is 2. The van der Waals surface area contributed by atoms with Crippen molar-refractivity contribution in [3.8, 4) is 22.5 Å². The Labute approximate surface area is 323 Å². The summed E-state index contributed by atoms with van der Waals surface area (Å²) in [6.45, 7) is 4.31. The molecule has 2 amide bonds. The monoisotopic (exact) mass is 764 g/mol. The van der Waals surface area contributed by atoms with Gasteiger partial charge in [0.25, 0.3) is 0 Å². The summed E-state index contributed by atoms with van der Waals surface area (Å²) in [6.07, 6.45) is 6.23.